The number of benzene rings is 1. The Hall–Kier alpha value is -1.82. The van der Waals surface area contributed by atoms with Crippen LogP contribution in [0.2, 0.25) is 0 Å². The Labute approximate surface area is 115 Å². The van der Waals surface area contributed by atoms with Gasteiger partial charge in [-0.05, 0) is 5.56 Å². The first-order valence-corrected chi connectivity index (χ1v) is 6.86. The van der Waals surface area contributed by atoms with Crippen LogP contribution >= 0.6 is 11.8 Å². The minimum atomic E-state index is -1.05. The molecule has 0 saturated heterocycles. The highest BCUT2D eigenvalue weighted by molar-refractivity contribution is 8.14. The summed E-state index contributed by atoms with van der Waals surface area (Å²) in [4.78, 5) is 26.4. The van der Waals surface area contributed by atoms with Gasteiger partial charge in [0.15, 0.2) is 0 Å². The zero-order valence-electron chi connectivity index (χ0n) is 10.2. The number of carbonyl (C=O) groups excluding carboxylic acids is 1. The van der Waals surface area contributed by atoms with E-state index in [1.165, 1.54) is 0 Å². The molecule has 0 saturated carbocycles. The van der Waals surface area contributed by atoms with Crippen LogP contribution in [0.4, 0.5) is 0 Å². The molecule has 0 aromatic heterocycles. The summed E-state index contributed by atoms with van der Waals surface area (Å²) >= 11 is 1.55. The second-order valence-electron chi connectivity index (χ2n) is 4.12. The molecule has 0 fully saturated rings. The van der Waals surface area contributed by atoms with Crippen LogP contribution in [0.1, 0.15) is 5.56 Å². The number of aliphatic imine (C=N–C) groups is 1. The minimum absolute atomic E-state index is 0.321. The Morgan fingerprint density at radius 2 is 2.11 bits per heavy atom. The average molecular weight is 278 g/mol. The van der Waals surface area contributed by atoms with Crippen molar-refractivity contribution in [1.29, 1.82) is 0 Å². The van der Waals surface area contributed by atoms with Crippen molar-refractivity contribution in [3.8, 4) is 0 Å². The third kappa shape index (κ3) is 4.10. The molecule has 2 rings (SSSR count). The molecule has 19 heavy (non-hydrogen) atoms. The van der Waals surface area contributed by atoms with E-state index in [9.17, 15) is 9.59 Å². The number of thioether (sulfide) groups is 1. The van der Waals surface area contributed by atoms with E-state index in [1.807, 2.05) is 30.3 Å². The summed E-state index contributed by atoms with van der Waals surface area (Å²) in [5.74, 6) is -0.793. The molecular weight excluding hydrogens is 264 g/mol. The summed E-state index contributed by atoms with van der Waals surface area (Å²) in [6.07, 6.45) is 0.716. The standard InChI is InChI=1S/C13H14N2O3S/c16-12(17)7-14-13(18)10-8-19-11(15-10)6-9-4-2-1-3-5-9/h1-5,10H,6-8H2,(H,14,18)(H,16,17)/t10-/m0/s1. The minimum Gasteiger partial charge on any atom is -0.480 e. The molecular formula is C13H14N2O3S. The first-order chi connectivity index (χ1) is 9.15. The number of carboxylic acids is 1. The van der Waals surface area contributed by atoms with Crippen LogP contribution in [-0.2, 0) is 16.0 Å². The number of hydrogen-bond donors (Lipinski definition) is 2. The van der Waals surface area contributed by atoms with E-state index >= 15 is 0 Å². The molecule has 0 bridgehead atoms. The lowest BCUT2D eigenvalue weighted by Crippen LogP contribution is -2.37. The van der Waals surface area contributed by atoms with Crippen LogP contribution in [0.5, 0.6) is 0 Å². The van der Waals surface area contributed by atoms with E-state index in [4.69, 9.17) is 5.11 Å². The Morgan fingerprint density at radius 1 is 1.37 bits per heavy atom. The number of aliphatic carboxylic acids is 1. The van der Waals surface area contributed by atoms with Gasteiger partial charge >= 0.3 is 5.97 Å². The van der Waals surface area contributed by atoms with Crippen molar-refractivity contribution < 1.29 is 14.7 Å². The molecule has 1 amide bonds. The van der Waals surface area contributed by atoms with Crippen LogP contribution in [-0.4, -0.2) is 40.4 Å². The largest absolute Gasteiger partial charge is 0.480 e. The van der Waals surface area contributed by atoms with Gasteiger partial charge in [0.05, 0.1) is 5.04 Å². The van der Waals surface area contributed by atoms with E-state index in [0.29, 0.717) is 12.2 Å². The highest BCUT2D eigenvalue weighted by Crippen LogP contribution is 2.21. The van der Waals surface area contributed by atoms with Crippen LogP contribution < -0.4 is 5.32 Å². The summed E-state index contributed by atoms with van der Waals surface area (Å²) in [6.45, 7) is -0.358. The topological polar surface area (TPSA) is 78.8 Å². The van der Waals surface area contributed by atoms with Crippen LogP contribution in [0.15, 0.2) is 35.3 Å². The lowest BCUT2D eigenvalue weighted by atomic mass is 10.2. The molecule has 0 radical (unpaired) electrons. The first kappa shape index (κ1) is 13.6. The molecule has 5 nitrogen and oxygen atoms in total. The highest BCUT2D eigenvalue weighted by atomic mass is 32.2. The molecule has 1 heterocycles. The second-order valence-corrected chi connectivity index (χ2v) is 5.22. The van der Waals surface area contributed by atoms with Crippen molar-refractivity contribution >= 4 is 28.7 Å². The van der Waals surface area contributed by atoms with Gasteiger partial charge in [0.2, 0.25) is 5.91 Å². The average Bonchev–Trinajstić information content (AvgIpc) is 2.85. The van der Waals surface area contributed by atoms with Crippen LogP contribution in [0.3, 0.4) is 0 Å². The molecule has 2 N–H and O–H groups in total. The van der Waals surface area contributed by atoms with E-state index < -0.39 is 12.0 Å². The molecule has 1 atom stereocenters. The van der Waals surface area contributed by atoms with E-state index in [2.05, 4.69) is 10.3 Å². The van der Waals surface area contributed by atoms with Gasteiger partial charge in [-0.1, -0.05) is 30.3 Å². The number of nitrogens with one attached hydrogen (secondary N) is 1. The van der Waals surface area contributed by atoms with Crippen molar-refractivity contribution in [3.63, 3.8) is 0 Å². The van der Waals surface area contributed by atoms with Gasteiger partial charge in [-0.3, -0.25) is 14.6 Å². The van der Waals surface area contributed by atoms with Gasteiger partial charge in [-0.25, -0.2) is 0 Å². The molecule has 1 aliphatic heterocycles. The Balaban J connectivity index is 1.90. The van der Waals surface area contributed by atoms with Crippen molar-refractivity contribution in [2.45, 2.75) is 12.5 Å². The van der Waals surface area contributed by atoms with Crippen molar-refractivity contribution in [3.05, 3.63) is 35.9 Å². The van der Waals surface area contributed by atoms with E-state index in [-0.39, 0.29) is 12.5 Å². The third-order valence-electron chi connectivity index (χ3n) is 2.62. The smallest absolute Gasteiger partial charge is 0.322 e. The number of hydrogen-bond acceptors (Lipinski definition) is 4. The highest BCUT2D eigenvalue weighted by Gasteiger charge is 2.25. The monoisotopic (exact) mass is 278 g/mol. The van der Waals surface area contributed by atoms with Crippen molar-refractivity contribution in [1.82, 2.24) is 5.32 Å². The number of carboxylic acid groups (broad SMARTS) is 1. The summed E-state index contributed by atoms with van der Waals surface area (Å²) in [5.41, 5.74) is 1.15. The number of carbonyl (C=O) groups is 2. The maximum atomic E-state index is 11.7. The molecule has 0 unspecified atom stereocenters. The van der Waals surface area contributed by atoms with Crippen molar-refractivity contribution in [2.75, 3.05) is 12.3 Å². The second kappa shape index (κ2) is 6.38. The maximum absolute atomic E-state index is 11.7. The summed E-state index contributed by atoms with van der Waals surface area (Å²) in [5, 5.41) is 11.8. The van der Waals surface area contributed by atoms with Gasteiger partial charge in [0.25, 0.3) is 0 Å². The summed E-state index contributed by atoms with van der Waals surface area (Å²) in [6, 6.07) is 9.44. The number of amides is 1. The lowest BCUT2D eigenvalue weighted by molar-refractivity contribution is -0.138. The van der Waals surface area contributed by atoms with Gasteiger partial charge in [-0.2, -0.15) is 0 Å². The zero-order valence-corrected chi connectivity index (χ0v) is 11.0. The fraction of sp³-hybridized carbons (Fsp3) is 0.308. The Kier molecular flexibility index (Phi) is 4.57. The molecule has 100 valence electrons. The van der Waals surface area contributed by atoms with Gasteiger partial charge in [0.1, 0.15) is 12.6 Å². The zero-order chi connectivity index (χ0) is 13.7. The molecule has 0 spiro atoms. The fourth-order valence-corrected chi connectivity index (χ4v) is 2.75. The molecule has 1 aromatic rings. The van der Waals surface area contributed by atoms with Gasteiger partial charge < -0.3 is 10.4 Å². The van der Waals surface area contributed by atoms with Gasteiger partial charge in [0, 0.05) is 12.2 Å². The Morgan fingerprint density at radius 3 is 2.79 bits per heavy atom. The summed E-state index contributed by atoms with van der Waals surface area (Å²) < 4.78 is 0. The van der Waals surface area contributed by atoms with Crippen molar-refractivity contribution in [2.24, 2.45) is 4.99 Å². The predicted molar refractivity (Wildman–Crippen MR) is 74.5 cm³/mol. The Bertz CT molecular complexity index is 502. The third-order valence-corrected chi connectivity index (χ3v) is 3.69. The quantitative estimate of drug-likeness (QED) is 0.840. The van der Waals surface area contributed by atoms with E-state index in [0.717, 1.165) is 10.6 Å². The van der Waals surface area contributed by atoms with Crippen LogP contribution in [0.25, 0.3) is 0 Å². The number of rotatable bonds is 5. The fourth-order valence-electron chi connectivity index (χ4n) is 1.71. The first-order valence-electron chi connectivity index (χ1n) is 5.88. The lowest BCUT2D eigenvalue weighted by Gasteiger charge is -2.05. The summed E-state index contributed by atoms with van der Waals surface area (Å²) in [7, 11) is 0. The normalized spacial score (nSPS) is 17.9. The van der Waals surface area contributed by atoms with Crippen LogP contribution in [0, 0.1) is 0 Å². The number of nitrogens with zero attached hydrogens (tertiary/aromatic N) is 1. The predicted octanol–water partition coefficient (Wildman–Crippen LogP) is 0.944. The molecule has 6 heteroatoms. The molecule has 0 aliphatic carbocycles. The molecule has 1 aromatic carbocycles. The maximum Gasteiger partial charge on any atom is 0.322 e. The van der Waals surface area contributed by atoms with E-state index in [1.54, 1.807) is 11.8 Å². The molecule has 1 aliphatic rings. The van der Waals surface area contributed by atoms with Gasteiger partial charge in [-0.15, -0.1) is 11.8 Å². The SMILES string of the molecule is O=C(O)CNC(=O)[C@@H]1CSC(Cc2ccccc2)=N1.